The van der Waals surface area contributed by atoms with Gasteiger partial charge in [0, 0.05) is 11.1 Å². The maximum atomic E-state index is 12.5. The van der Waals surface area contributed by atoms with Crippen LogP contribution in [0.1, 0.15) is 18.9 Å². The second-order valence-corrected chi connectivity index (χ2v) is 6.77. The quantitative estimate of drug-likeness (QED) is 0.725. The smallest absolute Gasteiger partial charge is 0.261 e. The molecule has 0 bridgehead atoms. The van der Waals surface area contributed by atoms with E-state index in [-0.39, 0.29) is 24.1 Å². The van der Waals surface area contributed by atoms with Crippen LogP contribution in [0.5, 0.6) is 0 Å². The predicted molar refractivity (Wildman–Crippen MR) is 103 cm³/mol. The lowest BCUT2D eigenvalue weighted by Crippen LogP contribution is -2.37. The Kier molecular flexibility index (Phi) is 5.68. The van der Waals surface area contributed by atoms with Crippen molar-refractivity contribution in [3.8, 4) is 0 Å². The molecule has 1 heterocycles. The number of amides is 1. The molecular weight excluding hydrogens is 350 g/mol. The molecule has 0 radical (unpaired) electrons. The molecule has 0 saturated carbocycles. The Morgan fingerprint density at radius 2 is 2.00 bits per heavy atom. The van der Waals surface area contributed by atoms with Gasteiger partial charge in [0.1, 0.15) is 6.54 Å². The maximum Gasteiger partial charge on any atom is 0.261 e. The van der Waals surface area contributed by atoms with Gasteiger partial charge in [0.05, 0.1) is 17.2 Å². The minimum atomic E-state index is -0.274. The number of benzene rings is 2. The molecule has 1 atom stereocenters. The first-order chi connectivity index (χ1) is 12.5. The fourth-order valence-electron chi connectivity index (χ4n) is 2.82. The molecule has 0 fully saturated rings. The van der Waals surface area contributed by atoms with Crippen LogP contribution >= 0.6 is 11.6 Å². The molecule has 1 aromatic heterocycles. The summed E-state index contributed by atoms with van der Waals surface area (Å²) in [5, 5.41) is 3.81. The fourth-order valence-corrected chi connectivity index (χ4v) is 2.99. The highest BCUT2D eigenvalue weighted by Gasteiger charge is 2.11. The van der Waals surface area contributed by atoms with Crippen molar-refractivity contribution >= 4 is 28.4 Å². The van der Waals surface area contributed by atoms with Crippen LogP contribution in [0.3, 0.4) is 0 Å². The van der Waals surface area contributed by atoms with Crippen molar-refractivity contribution in [1.29, 1.82) is 0 Å². The number of fused-ring (bicyclic) bond motifs is 1. The van der Waals surface area contributed by atoms with Crippen molar-refractivity contribution in [1.82, 2.24) is 14.9 Å². The summed E-state index contributed by atoms with van der Waals surface area (Å²) in [5.41, 5.74) is 1.53. The number of rotatable bonds is 6. The van der Waals surface area contributed by atoms with Crippen molar-refractivity contribution in [3.05, 3.63) is 75.8 Å². The van der Waals surface area contributed by atoms with Crippen molar-refractivity contribution < 1.29 is 4.79 Å². The van der Waals surface area contributed by atoms with Gasteiger partial charge >= 0.3 is 0 Å². The lowest BCUT2D eigenvalue weighted by molar-refractivity contribution is -0.122. The summed E-state index contributed by atoms with van der Waals surface area (Å²) in [6.07, 6.45) is 3.11. The van der Waals surface area contributed by atoms with E-state index in [4.69, 9.17) is 11.6 Å². The Balaban J connectivity index is 1.62. The van der Waals surface area contributed by atoms with Gasteiger partial charge in [-0.15, -0.1) is 0 Å². The van der Waals surface area contributed by atoms with E-state index in [0.717, 1.165) is 12.8 Å². The molecule has 3 aromatic rings. The number of carbonyl (C=O) groups is 1. The van der Waals surface area contributed by atoms with Gasteiger partial charge in [-0.3, -0.25) is 14.2 Å². The number of hydrogen-bond donors (Lipinski definition) is 1. The van der Waals surface area contributed by atoms with Gasteiger partial charge in [0.25, 0.3) is 5.56 Å². The third-order valence-electron chi connectivity index (χ3n) is 4.22. The minimum Gasteiger partial charge on any atom is -0.352 e. The molecule has 0 spiro atoms. The summed E-state index contributed by atoms with van der Waals surface area (Å²) in [4.78, 5) is 29.0. The van der Waals surface area contributed by atoms with Crippen molar-refractivity contribution in [3.63, 3.8) is 0 Å². The van der Waals surface area contributed by atoms with Gasteiger partial charge in [-0.05, 0) is 43.5 Å². The monoisotopic (exact) mass is 369 g/mol. The summed E-state index contributed by atoms with van der Waals surface area (Å²) in [6, 6.07) is 15.1. The van der Waals surface area contributed by atoms with Gasteiger partial charge in [0.2, 0.25) is 5.91 Å². The molecule has 0 aliphatic heterocycles. The van der Waals surface area contributed by atoms with Gasteiger partial charge < -0.3 is 5.32 Å². The first-order valence-corrected chi connectivity index (χ1v) is 8.89. The van der Waals surface area contributed by atoms with E-state index >= 15 is 0 Å². The standard InChI is InChI=1S/C20H20ClN3O2/c1-14(7-8-15-5-3-2-4-6-15)23-19(25)12-24-13-22-18-10-9-16(21)11-17(18)20(24)26/h2-6,9-11,13-14H,7-8,12H2,1H3,(H,23,25)/t14-/m0/s1. The summed E-state index contributed by atoms with van der Waals surface area (Å²) in [7, 11) is 0. The molecular formula is C20H20ClN3O2. The zero-order chi connectivity index (χ0) is 18.5. The Labute approximate surface area is 156 Å². The number of aryl methyl sites for hydroxylation is 1. The van der Waals surface area contributed by atoms with Crippen LogP contribution < -0.4 is 10.9 Å². The van der Waals surface area contributed by atoms with Crippen LogP contribution in [0.2, 0.25) is 5.02 Å². The molecule has 134 valence electrons. The van der Waals surface area contributed by atoms with Crippen molar-refractivity contribution in [2.45, 2.75) is 32.4 Å². The number of aromatic nitrogens is 2. The van der Waals surface area contributed by atoms with Crippen LogP contribution in [0.25, 0.3) is 10.9 Å². The number of carbonyl (C=O) groups excluding carboxylic acids is 1. The van der Waals surface area contributed by atoms with Gasteiger partial charge in [0.15, 0.2) is 0 Å². The molecule has 2 aromatic carbocycles. The molecule has 6 heteroatoms. The molecule has 0 unspecified atom stereocenters. The molecule has 0 aliphatic rings. The molecule has 1 amide bonds. The van der Waals surface area contributed by atoms with Gasteiger partial charge in [-0.2, -0.15) is 0 Å². The van der Waals surface area contributed by atoms with Gasteiger partial charge in [-0.25, -0.2) is 4.98 Å². The number of halogens is 1. The van der Waals surface area contributed by atoms with Crippen molar-refractivity contribution in [2.24, 2.45) is 0 Å². The SMILES string of the molecule is C[C@@H](CCc1ccccc1)NC(=O)Cn1cnc2ccc(Cl)cc2c1=O. The highest BCUT2D eigenvalue weighted by atomic mass is 35.5. The molecule has 0 saturated heterocycles. The molecule has 1 N–H and O–H groups in total. The summed E-state index contributed by atoms with van der Waals surface area (Å²) >= 11 is 5.95. The van der Waals surface area contributed by atoms with E-state index in [0.29, 0.717) is 15.9 Å². The average molecular weight is 370 g/mol. The highest BCUT2D eigenvalue weighted by molar-refractivity contribution is 6.31. The van der Waals surface area contributed by atoms with Crippen LogP contribution in [-0.4, -0.2) is 21.5 Å². The highest BCUT2D eigenvalue weighted by Crippen LogP contribution is 2.14. The van der Waals surface area contributed by atoms with E-state index in [2.05, 4.69) is 22.4 Å². The Hall–Kier alpha value is -2.66. The Morgan fingerprint density at radius 1 is 1.23 bits per heavy atom. The van der Waals surface area contributed by atoms with E-state index in [1.54, 1.807) is 18.2 Å². The minimum absolute atomic E-state index is 0.0151. The van der Waals surface area contributed by atoms with Crippen LogP contribution in [0.4, 0.5) is 0 Å². The molecule has 26 heavy (non-hydrogen) atoms. The predicted octanol–water partition coefficient (Wildman–Crippen LogP) is 3.19. The zero-order valence-corrected chi connectivity index (χ0v) is 15.2. The lowest BCUT2D eigenvalue weighted by atomic mass is 10.1. The van der Waals surface area contributed by atoms with E-state index in [1.807, 2.05) is 25.1 Å². The Morgan fingerprint density at radius 3 is 2.77 bits per heavy atom. The summed E-state index contributed by atoms with van der Waals surface area (Å²) < 4.78 is 1.30. The van der Waals surface area contributed by atoms with E-state index < -0.39 is 0 Å². The van der Waals surface area contributed by atoms with Crippen LogP contribution in [0.15, 0.2) is 59.7 Å². The molecule has 3 rings (SSSR count). The normalized spacial score (nSPS) is 12.1. The number of nitrogens with zero attached hydrogens (tertiary/aromatic N) is 2. The molecule has 0 aliphatic carbocycles. The Bertz CT molecular complexity index is 970. The average Bonchev–Trinajstić information content (AvgIpc) is 2.63. The summed E-state index contributed by atoms with van der Waals surface area (Å²) in [5.74, 6) is -0.212. The first kappa shape index (κ1) is 18.1. The van der Waals surface area contributed by atoms with Gasteiger partial charge in [-0.1, -0.05) is 41.9 Å². The number of nitrogens with one attached hydrogen (secondary N) is 1. The third-order valence-corrected chi connectivity index (χ3v) is 4.45. The lowest BCUT2D eigenvalue weighted by Gasteiger charge is -2.14. The topological polar surface area (TPSA) is 64.0 Å². The first-order valence-electron chi connectivity index (χ1n) is 8.51. The van der Waals surface area contributed by atoms with Crippen LogP contribution in [-0.2, 0) is 17.8 Å². The van der Waals surface area contributed by atoms with E-state index in [1.165, 1.54) is 16.5 Å². The second-order valence-electron chi connectivity index (χ2n) is 6.33. The zero-order valence-electron chi connectivity index (χ0n) is 14.5. The second kappa shape index (κ2) is 8.15. The number of hydrogen-bond acceptors (Lipinski definition) is 3. The maximum absolute atomic E-state index is 12.5. The largest absolute Gasteiger partial charge is 0.352 e. The molecule has 5 nitrogen and oxygen atoms in total. The summed E-state index contributed by atoms with van der Waals surface area (Å²) in [6.45, 7) is 1.89. The fraction of sp³-hybridized carbons (Fsp3) is 0.250. The van der Waals surface area contributed by atoms with Crippen LogP contribution in [0, 0.1) is 0 Å². The van der Waals surface area contributed by atoms with E-state index in [9.17, 15) is 9.59 Å². The van der Waals surface area contributed by atoms with Crippen molar-refractivity contribution in [2.75, 3.05) is 0 Å². The third kappa shape index (κ3) is 4.49.